The van der Waals surface area contributed by atoms with Crippen LogP contribution in [0.25, 0.3) is 0 Å². The van der Waals surface area contributed by atoms with Crippen LogP contribution in [0.15, 0.2) is 53.4 Å². The van der Waals surface area contributed by atoms with Gasteiger partial charge in [-0.15, -0.1) is 0 Å². The number of carbonyl (C=O) groups is 1. The lowest BCUT2D eigenvalue weighted by Crippen LogP contribution is -2.50. The second kappa shape index (κ2) is 13.5. The van der Waals surface area contributed by atoms with Crippen molar-refractivity contribution in [1.29, 1.82) is 0 Å². The minimum absolute atomic E-state index is 0.0568. The lowest BCUT2D eigenvalue weighted by molar-refractivity contribution is 0.106. The van der Waals surface area contributed by atoms with Crippen LogP contribution in [-0.2, 0) is 21.0 Å². The fraction of sp³-hybridized carbons (Fsp3) is 0.480. The maximum absolute atomic E-state index is 13.7. The van der Waals surface area contributed by atoms with Gasteiger partial charge in [-0.2, -0.15) is 4.31 Å². The van der Waals surface area contributed by atoms with Crippen LogP contribution < -0.4 is 14.8 Å². The fourth-order valence-electron chi connectivity index (χ4n) is 3.65. The Morgan fingerprint density at radius 2 is 1.76 bits per heavy atom. The van der Waals surface area contributed by atoms with Gasteiger partial charge in [0.2, 0.25) is 17.9 Å². The Bertz CT molecular complexity index is 1190. The Hall–Kier alpha value is -2.33. The molecule has 0 aliphatic carbocycles. The Morgan fingerprint density at radius 3 is 2.30 bits per heavy atom. The van der Waals surface area contributed by atoms with Gasteiger partial charge in [0, 0.05) is 19.2 Å². The van der Waals surface area contributed by atoms with Crippen LogP contribution >= 0.6 is 7.14 Å². The molecule has 0 saturated heterocycles. The lowest BCUT2D eigenvalue weighted by Gasteiger charge is -2.30. The number of benzene rings is 2. The van der Waals surface area contributed by atoms with Gasteiger partial charge in [-0.1, -0.05) is 44.2 Å². The summed E-state index contributed by atoms with van der Waals surface area (Å²) in [4.78, 5) is 11.6. The number of sulfonamides is 1. The summed E-state index contributed by atoms with van der Waals surface area (Å²) in [6.45, 7) is 6.70. The smallest absolute Gasteiger partial charge is 0.243 e. The highest BCUT2D eigenvalue weighted by molar-refractivity contribution is 7.89. The first-order valence-electron chi connectivity index (χ1n) is 11.9. The van der Waals surface area contributed by atoms with Crippen LogP contribution in [0.4, 0.5) is 4.79 Å². The van der Waals surface area contributed by atoms with Crippen molar-refractivity contribution < 1.29 is 32.4 Å². The van der Waals surface area contributed by atoms with E-state index in [0.717, 1.165) is 5.56 Å². The Morgan fingerprint density at radius 1 is 1.11 bits per heavy atom. The number of amides is 1. The standard InChI is InChI=1S/C25H36BN2O7PS/c1-18(2)15-28(16-22(29)21(27-25(26)30)13-19-9-7-6-8-10-19)37(32,33)20-11-12-23(34-3)24(14-20)35-17-36(4,5)31/h6-12,14,18,21-22,29H,13,15-17H2,1-5H3,(H,27,30)/t21-,22+/m0/s1. The third kappa shape index (κ3) is 9.81. The van der Waals surface area contributed by atoms with Crippen LogP contribution in [0, 0.1) is 5.92 Å². The van der Waals surface area contributed by atoms with E-state index >= 15 is 0 Å². The average molecular weight is 550 g/mol. The van der Waals surface area contributed by atoms with E-state index in [1.165, 1.54) is 29.6 Å². The van der Waals surface area contributed by atoms with E-state index in [9.17, 15) is 22.9 Å². The highest BCUT2D eigenvalue weighted by Crippen LogP contribution is 2.39. The number of aliphatic hydroxyl groups excluding tert-OH is 1. The number of aliphatic hydroxyl groups is 1. The molecule has 0 aliphatic rings. The van der Waals surface area contributed by atoms with Gasteiger partial charge in [-0.05, 0) is 43.4 Å². The van der Waals surface area contributed by atoms with E-state index in [4.69, 9.17) is 17.3 Å². The van der Waals surface area contributed by atoms with Crippen LogP contribution in [0.1, 0.15) is 19.4 Å². The number of rotatable bonds is 14. The molecule has 2 rings (SSSR count). The number of carbonyl (C=O) groups excluding carboxylic acids is 1. The first kappa shape index (κ1) is 30.9. The Labute approximate surface area is 221 Å². The van der Waals surface area contributed by atoms with Crippen molar-refractivity contribution in [2.45, 2.75) is 37.3 Å². The lowest BCUT2D eigenvalue weighted by atomic mass is 9.99. The number of hydrogen-bond donors (Lipinski definition) is 2. The SMILES string of the molecule is [B]C(=O)N[C@@H](Cc1ccccc1)[C@H](O)CN(CC(C)C)S(=O)(=O)c1ccc(OC)c(OCP(C)(C)=O)c1. The van der Waals surface area contributed by atoms with Crippen LogP contribution in [0.2, 0.25) is 0 Å². The van der Waals surface area contributed by atoms with Crippen molar-refractivity contribution in [3.8, 4) is 11.5 Å². The largest absolute Gasteiger partial charge is 0.493 e. The van der Waals surface area contributed by atoms with Crippen molar-refractivity contribution in [2.24, 2.45) is 5.92 Å². The second-order valence-electron chi connectivity index (χ2n) is 9.75. The number of methoxy groups -OCH3 is 1. The first-order valence-corrected chi connectivity index (χ1v) is 16.1. The molecule has 2 radical (unpaired) electrons. The molecule has 37 heavy (non-hydrogen) atoms. The molecule has 0 bridgehead atoms. The van der Waals surface area contributed by atoms with Crippen LogP contribution in [0.5, 0.6) is 11.5 Å². The van der Waals surface area contributed by atoms with Gasteiger partial charge >= 0.3 is 0 Å². The molecule has 0 fully saturated rings. The molecular formula is C25H36BN2O7PS. The average Bonchev–Trinajstić information content (AvgIpc) is 2.81. The molecule has 2 atom stereocenters. The van der Waals surface area contributed by atoms with Gasteiger partial charge in [0.1, 0.15) is 13.5 Å². The minimum atomic E-state index is -4.10. The number of hydrogen-bond acceptors (Lipinski definition) is 7. The van der Waals surface area contributed by atoms with Crippen molar-refractivity contribution >= 4 is 30.8 Å². The summed E-state index contributed by atoms with van der Waals surface area (Å²) in [5.41, 5.74) is 0.847. The van der Waals surface area contributed by atoms with E-state index in [1.807, 2.05) is 44.2 Å². The molecule has 0 heterocycles. The molecule has 2 aromatic rings. The monoisotopic (exact) mass is 550 g/mol. The molecule has 0 spiro atoms. The molecule has 0 aliphatic heterocycles. The molecular weight excluding hydrogens is 514 g/mol. The van der Waals surface area contributed by atoms with Gasteiger partial charge in [0.15, 0.2) is 17.3 Å². The maximum atomic E-state index is 13.7. The molecule has 12 heteroatoms. The zero-order valence-electron chi connectivity index (χ0n) is 22.0. The predicted octanol–water partition coefficient (Wildman–Crippen LogP) is 3.15. The zero-order chi connectivity index (χ0) is 27.8. The molecule has 202 valence electrons. The topological polar surface area (TPSA) is 122 Å². The highest BCUT2D eigenvalue weighted by Gasteiger charge is 2.31. The summed E-state index contributed by atoms with van der Waals surface area (Å²) in [6.07, 6.45) is -1.07. The maximum Gasteiger partial charge on any atom is 0.243 e. The molecule has 2 aromatic carbocycles. The van der Waals surface area contributed by atoms with Crippen LogP contribution in [0.3, 0.4) is 0 Å². The van der Waals surface area contributed by atoms with E-state index in [-0.39, 0.29) is 42.4 Å². The normalized spacial score (nSPS) is 13.8. The van der Waals surface area contributed by atoms with Crippen molar-refractivity contribution in [3.63, 3.8) is 0 Å². The van der Waals surface area contributed by atoms with Crippen molar-refractivity contribution in [3.05, 3.63) is 54.1 Å². The first-order chi connectivity index (χ1) is 17.2. The van der Waals surface area contributed by atoms with E-state index in [0.29, 0.717) is 5.75 Å². The van der Waals surface area contributed by atoms with Crippen LogP contribution in [-0.4, -0.2) is 83.5 Å². The third-order valence-electron chi connectivity index (χ3n) is 5.35. The molecule has 9 nitrogen and oxygen atoms in total. The summed E-state index contributed by atoms with van der Waals surface area (Å²) < 4.78 is 51.6. The predicted molar refractivity (Wildman–Crippen MR) is 146 cm³/mol. The number of ether oxygens (including phenoxy) is 2. The summed E-state index contributed by atoms with van der Waals surface area (Å²) in [6, 6.07) is 12.6. The fourth-order valence-corrected chi connectivity index (χ4v) is 5.74. The summed E-state index contributed by atoms with van der Waals surface area (Å²) in [7, 11) is 0.118. The van der Waals surface area contributed by atoms with Crippen molar-refractivity contribution in [1.82, 2.24) is 9.62 Å². The van der Waals surface area contributed by atoms with Gasteiger partial charge in [0.05, 0.1) is 24.2 Å². The van der Waals surface area contributed by atoms with Gasteiger partial charge in [-0.25, -0.2) is 8.42 Å². The van der Waals surface area contributed by atoms with Gasteiger partial charge in [0.25, 0.3) is 0 Å². The molecule has 0 saturated carbocycles. The summed E-state index contributed by atoms with van der Waals surface area (Å²) in [5.74, 6) is -0.427. The third-order valence-corrected chi connectivity index (χ3v) is 7.93. The second-order valence-corrected chi connectivity index (χ2v) is 15.1. The van der Waals surface area contributed by atoms with Gasteiger partial charge in [-0.3, -0.25) is 4.79 Å². The number of nitrogens with one attached hydrogen (secondary N) is 1. The number of nitrogens with zero attached hydrogens (tertiary/aromatic N) is 1. The van der Waals surface area contributed by atoms with Gasteiger partial charge < -0.3 is 24.5 Å². The summed E-state index contributed by atoms with van der Waals surface area (Å²) >= 11 is 0. The molecule has 1 amide bonds. The molecule has 2 N–H and O–H groups in total. The molecule has 0 unspecified atom stereocenters. The Balaban J connectivity index is 2.38. The van der Waals surface area contributed by atoms with E-state index in [2.05, 4.69) is 5.32 Å². The minimum Gasteiger partial charge on any atom is -0.493 e. The van der Waals surface area contributed by atoms with Crippen molar-refractivity contribution in [2.75, 3.05) is 39.9 Å². The zero-order valence-corrected chi connectivity index (χ0v) is 23.7. The van der Waals surface area contributed by atoms with E-state index < -0.39 is 35.1 Å². The highest BCUT2D eigenvalue weighted by atomic mass is 32.2. The molecule has 0 aromatic heterocycles. The summed E-state index contributed by atoms with van der Waals surface area (Å²) in [5, 5.41) is 13.6. The quantitative estimate of drug-likeness (QED) is 0.274. The van der Waals surface area contributed by atoms with E-state index in [1.54, 1.807) is 13.3 Å². The Kier molecular flexibility index (Phi) is 11.2.